The second kappa shape index (κ2) is 10.5. The van der Waals surface area contributed by atoms with Crippen LogP contribution in [0.2, 0.25) is 5.02 Å². The smallest absolute Gasteiger partial charge is 0.177 e. The van der Waals surface area contributed by atoms with Gasteiger partial charge in [0.05, 0.1) is 0 Å². The standard InChI is InChI=1S/C19H23ClN2.CH5N3S/c1-15-8-9-18(14-19(15)20)22-12-10-21(11-13-22)16(2)17-6-4-3-5-7-17;2-1(5)4-3/h3-9,14,16H,10-13H2,1-2H3;3H2,(H3,2,4,5). The summed E-state index contributed by atoms with van der Waals surface area (Å²) in [6.07, 6.45) is 0. The van der Waals surface area contributed by atoms with Crippen LogP contribution >= 0.6 is 23.8 Å². The molecule has 0 aromatic heterocycles. The lowest BCUT2D eigenvalue weighted by Crippen LogP contribution is -2.47. The number of piperazine rings is 1. The fraction of sp³-hybridized carbons (Fsp3) is 0.350. The normalized spacial score (nSPS) is 15.5. The Labute approximate surface area is 172 Å². The molecular weight excluding hydrogens is 378 g/mol. The van der Waals surface area contributed by atoms with Crippen LogP contribution in [0.1, 0.15) is 24.1 Å². The molecule has 0 radical (unpaired) electrons. The largest absolute Gasteiger partial charge is 0.375 e. The minimum absolute atomic E-state index is 0.116. The first kappa shape index (κ1) is 21.4. The molecule has 1 atom stereocenters. The molecular formula is C20H28ClN5S. The summed E-state index contributed by atoms with van der Waals surface area (Å²) in [6.45, 7) is 8.62. The Morgan fingerprint density at radius 2 is 1.70 bits per heavy atom. The molecule has 146 valence electrons. The summed E-state index contributed by atoms with van der Waals surface area (Å²) in [7, 11) is 0. The summed E-state index contributed by atoms with van der Waals surface area (Å²) in [4.78, 5) is 4.99. The highest BCUT2D eigenvalue weighted by molar-refractivity contribution is 7.80. The fourth-order valence-electron chi connectivity index (χ4n) is 3.09. The Kier molecular flexibility index (Phi) is 8.31. The van der Waals surface area contributed by atoms with Crippen molar-refractivity contribution in [2.45, 2.75) is 19.9 Å². The van der Waals surface area contributed by atoms with Gasteiger partial charge in [0.2, 0.25) is 0 Å². The van der Waals surface area contributed by atoms with E-state index < -0.39 is 0 Å². The van der Waals surface area contributed by atoms with Crippen LogP contribution in [-0.4, -0.2) is 36.2 Å². The molecule has 5 N–H and O–H groups in total. The van der Waals surface area contributed by atoms with Gasteiger partial charge in [-0.3, -0.25) is 4.90 Å². The summed E-state index contributed by atoms with van der Waals surface area (Å²) < 4.78 is 0. The molecule has 2 aromatic rings. The van der Waals surface area contributed by atoms with Crippen molar-refractivity contribution >= 4 is 34.6 Å². The van der Waals surface area contributed by atoms with Gasteiger partial charge < -0.3 is 16.1 Å². The molecule has 1 heterocycles. The Balaban J connectivity index is 0.000000465. The van der Waals surface area contributed by atoms with E-state index in [2.05, 4.69) is 83.3 Å². The number of benzene rings is 2. The first-order valence-electron chi connectivity index (χ1n) is 8.98. The topological polar surface area (TPSA) is 70.5 Å². The number of rotatable bonds is 3. The van der Waals surface area contributed by atoms with Crippen LogP contribution in [0.25, 0.3) is 0 Å². The van der Waals surface area contributed by atoms with Crippen molar-refractivity contribution < 1.29 is 0 Å². The van der Waals surface area contributed by atoms with Crippen LogP contribution in [0.4, 0.5) is 5.69 Å². The van der Waals surface area contributed by atoms with Crippen LogP contribution in [0.5, 0.6) is 0 Å². The van der Waals surface area contributed by atoms with Crippen molar-refractivity contribution in [2.75, 3.05) is 31.1 Å². The van der Waals surface area contributed by atoms with Gasteiger partial charge in [0.25, 0.3) is 0 Å². The van der Waals surface area contributed by atoms with E-state index in [9.17, 15) is 0 Å². The Hall–Kier alpha value is -1.86. The zero-order valence-corrected chi connectivity index (χ0v) is 17.4. The summed E-state index contributed by atoms with van der Waals surface area (Å²) in [6, 6.07) is 17.6. The number of hydrazine groups is 1. The van der Waals surface area contributed by atoms with Gasteiger partial charge in [-0.15, -0.1) is 0 Å². The second-order valence-corrected chi connectivity index (χ2v) is 7.40. The van der Waals surface area contributed by atoms with Crippen molar-refractivity contribution in [2.24, 2.45) is 11.6 Å². The van der Waals surface area contributed by atoms with E-state index >= 15 is 0 Å². The minimum atomic E-state index is 0.116. The van der Waals surface area contributed by atoms with Crippen LogP contribution in [0, 0.1) is 6.92 Å². The van der Waals surface area contributed by atoms with Gasteiger partial charge in [0.15, 0.2) is 5.11 Å². The van der Waals surface area contributed by atoms with Crippen molar-refractivity contribution in [3.8, 4) is 0 Å². The molecule has 5 nitrogen and oxygen atoms in total. The molecule has 1 aliphatic rings. The highest BCUT2D eigenvalue weighted by Crippen LogP contribution is 2.26. The second-order valence-electron chi connectivity index (χ2n) is 6.55. The zero-order valence-electron chi connectivity index (χ0n) is 15.9. The zero-order chi connectivity index (χ0) is 19.8. The molecule has 0 aliphatic carbocycles. The monoisotopic (exact) mass is 405 g/mol. The Bertz CT molecular complexity index is 732. The number of nitrogens with zero attached hydrogens (tertiary/aromatic N) is 2. The van der Waals surface area contributed by atoms with Gasteiger partial charge in [0, 0.05) is 42.9 Å². The number of hydrogen-bond acceptors (Lipinski definition) is 4. The third-order valence-corrected chi connectivity index (χ3v) is 5.33. The average Bonchev–Trinajstić information content (AvgIpc) is 2.70. The van der Waals surface area contributed by atoms with Gasteiger partial charge in [-0.2, -0.15) is 0 Å². The van der Waals surface area contributed by atoms with E-state index in [4.69, 9.17) is 17.3 Å². The molecule has 1 fully saturated rings. The van der Waals surface area contributed by atoms with Gasteiger partial charge in [-0.25, -0.2) is 5.84 Å². The molecule has 0 amide bonds. The van der Waals surface area contributed by atoms with Crippen LogP contribution < -0.4 is 21.9 Å². The maximum atomic E-state index is 6.26. The predicted molar refractivity (Wildman–Crippen MR) is 119 cm³/mol. The third-order valence-electron chi connectivity index (χ3n) is 4.81. The summed E-state index contributed by atoms with van der Waals surface area (Å²) >= 11 is 10.5. The lowest BCUT2D eigenvalue weighted by atomic mass is 10.1. The lowest BCUT2D eigenvalue weighted by molar-refractivity contribution is 0.198. The number of anilines is 1. The van der Waals surface area contributed by atoms with E-state index in [1.807, 2.05) is 12.3 Å². The third kappa shape index (κ3) is 6.36. The van der Waals surface area contributed by atoms with Crippen LogP contribution in [-0.2, 0) is 0 Å². The summed E-state index contributed by atoms with van der Waals surface area (Å²) in [5, 5.41) is 0.975. The maximum absolute atomic E-state index is 6.26. The molecule has 3 rings (SSSR count). The van der Waals surface area contributed by atoms with E-state index in [1.54, 1.807) is 0 Å². The summed E-state index contributed by atoms with van der Waals surface area (Å²) in [5.41, 5.74) is 10.6. The van der Waals surface area contributed by atoms with Crippen molar-refractivity contribution in [1.29, 1.82) is 0 Å². The number of hydrogen-bond donors (Lipinski definition) is 3. The van der Waals surface area contributed by atoms with Gasteiger partial charge in [-0.1, -0.05) is 48.0 Å². The Morgan fingerprint density at radius 3 is 2.22 bits per heavy atom. The highest BCUT2D eigenvalue weighted by atomic mass is 35.5. The van der Waals surface area contributed by atoms with Crippen molar-refractivity contribution in [1.82, 2.24) is 10.3 Å². The molecule has 27 heavy (non-hydrogen) atoms. The fourth-order valence-corrected chi connectivity index (χ4v) is 3.26. The molecule has 0 bridgehead atoms. The van der Waals surface area contributed by atoms with Crippen molar-refractivity contribution in [3.05, 3.63) is 64.7 Å². The van der Waals surface area contributed by atoms with Crippen LogP contribution in [0.15, 0.2) is 48.5 Å². The molecule has 7 heteroatoms. The number of nitrogens with two attached hydrogens (primary N) is 2. The SMILES string of the molecule is Cc1ccc(N2CCN(C(C)c3ccccc3)CC2)cc1Cl.NNC(N)=S. The molecule has 0 spiro atoms. The number of thiocarbonyl (C=S) groups is 1. The number of halogens is 1. The predicted octanol–water partition coefficient (Wildman–Crippen LogP) is 3.22. The van der Waals surface area contributed by atoms with E-state index in [0.717, 1.165) is 36.8 Å². The number of nitrogens with one attached hydrogen (secondary N) is 1. The first-order chi connectivity index (χ1) is 12.9. The summed E-state index contributed by atoms with van der Waals surface area (Å²) in [5.74, 6) is 4.66. The average molecular weight is 406 g/mol. The van der Waals surface area contributed by atoms with Gasteiger partial charge >= 0.3 is 0 Å². The lowest BCUT2D eigenvalue weighted by Gasteiger charge is -2.39. The molecule has 1 aliphatic heterocycles. The Morgan fingerprint density at radius 1 is 1.11 bits per heavy atom. The quantitative estimate of drug-likeness (QED) is 0.413. The first-order valence-corrected chi connectivity index (χ1v) is 9.77. The minimum Gasteiger partial charge on any atom is -0.375 e. The van der Waals surface area contributed by atoms with Crippen molar-refractivity contribution in [3.63, 3.8) is 0 Å². The number of aryl methyl sites for hydroxylation is 1. The van der Waals surface area contributed by atoms with E-state index in [-0.39, 0.29) is 5.11 Å². The van der Waals surface area contributed by atoms with Crippen LogP contribution in [0.3, 0.4) is 0 Å². The highest BCUT2D eigenvalue weighted by Gasteiger charge is 2.22. The molecule has 0 saturated carbocycles. The van der Waals surface area contributed by atoms with E-state index in [0.29, 0.717) is 6.04 Å². The van der Waals surface area contributed by atoms with E-state index in [1.165, 1.54) is 11.3 Å². The van der Waals surface area contributed by atoms with Gasteiger partial charge in [-0.05, 0) is 49.3 Å². The molecule has 2 aromatic carbocycles. The maximum Gasteiger partial charge on any atom is 0.177 e. The molecule has 1 unspecified atom stereocenters. The van der Waals surface area contributed by atoms with Gasteiger partial charge in [0.1, 0.15) is 0 Å². The molecule has 1 saturated heterocycles.